The van der Waals surface area contributed by atoms with Gasteiger partial charge in [0.2, 0.25) is 5.89 Å². The molecular weight excluding hydrogens is 314 g/mol. The molecule has 0 atom stereocenters. The first-order chi connectivity index (χ1) is 12.2. The molecule has 0 unspecified atom stereocenters. The van der Waals surface area contributed by atoms with E-state index in [9.17, 15) is 4.79 Å². The molecular formula is C20H15N3O2. The normalized spacial score (nSPS) is 10.8. The summed E-state index contributed by atoms with van der Waals surface area (Å²) < 4.78 is 5.70. The highest BCUT2D eigenvalue weighted by molar-refractivity contribution is 6.05. The van der Waals surface area contributed by atoms with E-state index in [2.05, 4.69) is 15.3 Å². The number of aryl methyl sites for hydroxylation is 1. The Kier molecular flexibility index (Phi) is 3.74. The largest absolute Gasteiger partial charge is 0.434 e. The lowest BCUT2D eigenvalue weighted by molar-refractivity contribution is 0.102. The number of rotatable bonds is 3. The summed E-state index contributed by atoms with van der Waals surface area (Å²) in [5.41, 5.74) is 4.37. The lowest BCUT2D eigenvalue weighted by Gasteiger charge is -2.07. The Morgan fingerprint density at radius 1 is 1.00 bits per heavy atom. The summed E-state index contributed by atoms with van der Waals surface area (Å²) in [6, 6.07) is 18.5. The number of carbonyl (C=O) groups is 1. The van der Waals surface area contributed by atoms with Crippen molar-refractivity contribution < 1.29 is 9.21 Å². The Labute approximate surface area is 144 Å². The Hall–Kier alpha value is -3.47. The van der Waals surface area contributed by atoms with E-state index in [0.29, 0.717) is 28.4 Å². The molecule has 2 aromatic carbocycles. The first-order valence-corrected chi connectivity index (χ1v) is 7.90. The minimum atomic E-state index is -0.128. The first-order valence-electron chi connectivity index (χ1n) is 7.90. The monoisotopic (exact) mass is 329 g/mol. The fraction of sp³-hybridized carbons (Fsp3) is 0.0500. The van der Waals surface area contributed by atoms with Gasteiger partial charge in [0.1, 0.15) is 0 Å². The van der Waals surface area contributed by atoms with Crippen molar-refractivity contribution in [2.24, 2.45) is 0 Å². The predicted molar refractivity (Wildman–Crippen MR) is 96.4 cm³/mol. The molecule has 1 N–H and O–H groups in total. The van der Waals surface area contributed by atoms with Crippen LogP contribution < -0.4 is 5.32 Å². The highest BCUT2D eigenvalue weighted by atomic mass is 16.3. The quantitative estimate of drug-likeness (QED) is 0.603. The third kappa shape index (κ3) is 2.99. The van der Waals surface area contributed by atoms with E-state index in [1.807, 2.05) is 67.6 Å². The van der Waals surface area contributed by atoms with Gasteiger partial charge in [-0.1, -0.05) is 18.2 Å². The fourth-order valence-corrected chi connectivity index (χ4v) is 2.61. The van der Waals surface area contributed by atoms with Crippen molar-refractivity contribution in [3.63, 3.8) is 0 Å². The summed E-state index contributed by atoms with van der Waals surface area (Å²) in [7, 11) is 0. The van der Waals surface area contributed by atoms with Crippen LogP contribution in [-0.2, 0) is 0 Å². The van der Waals surface area contributed by atoms with Crippen LogP contribution in [0.2, 0.25) is 0 Å². The Morgan fingerprint density at radius 2 is 1.80 bits per heavy atom. The summed E-state index contributed by atoms with van der Waals surface area (Å²) in [4.78, 5) is 20.9. The number of aromatic nitrogens is 2. The molecule has 4 aromatic rings. The van der Waals surface area contributed by atoms with Crippen LogP contribution in [-0.4, -0.2) is 15.9 Å². The van der Waals surface area contributed by atoms with Gasteiger partial charge in [0, 0.05) is 23.0 Å². The van der Waals surface area contributed by atoms with Crippen molar-refractivity contribution in [2.45, 2.75) is 6.92 Å². The maximum atomic E-state index is 12.4. The minimum absolute atomic E-state index is 0.128. The molecule has 0 saturated heterocycles. The van der Waals surface area contributed by atoms with Crippen molar-refractivity contribution in [2.75, 3.05) is 5.32 Å². The average Bonchev–Trinajstić information content (AvgIpc) is 3.07. The van der Waals surface area contributed by atoms with Gasteiger partial charge >= 0.3 is 0 Å². The summed E-state index contributed by atoms with van der Waals surface area (Å²) in [6.45, 7) is 1.92. The molecule has 0 bridgehead atoms. The van der Waals surface area contributed by atoms with Crippen LogP contribution in [0.3, 0.4) is 0 Å². The van der Waals surface area contributed by atoms with E-state index < -0.39 is 0 Å². The highest BCUT2D eigenvalue weighted by Crippen LogP contribution is 2.24. The van der Waals surface area contributed by atoms with Gasteiger partial charge in [0.15, 0.2) is 11.2 Å². The summed E-state index contributed by atoms with van der Waals surface area (Å²) in [5.74, 6) is 0.377. The fourth-order valence-electron chi connectivity index (χ4n) is 2.61. The van der Waals surface area contributed by atoms with Crippen molar-refractivity contribution in [1.29, 1.82) is 0 Å². The number of carbonyl (C=O) groups excluding carboxylic acids is 1. The number of hydrogen-bond donors (Lipinski definition) is 1. The zero-order chi connectivity index (χ0) is 17.2. The maximum Gasteiger partial charge on any atom is 0.255 e. The molecule has 0 saturated carbocycles. The molecule has 0 aliphatic rings. The maximum absolute atomic E-state index is 12.4. The molecule has 122 valence electrons. The standard InChI is InChI=1S/C20H15N3O2/c1-13-5-2-3-6-16(13)19(24)22-15-10-8-14(9-11-15)20-23-18-17(25-20)7-4-12-21-18/h2-12H,1H3,(H,22,24). The summed E-state index contributed by atoms with van der Waals surface area (Å²) in [5, 5.41) is 2.90. The minimum Gasteiger partial charge on any atom is -0.434 e. The molecule has 0 aliphatic carbocycles. The third-order valence-corrected chi connectivity index (χ3v) is 3.94. The number of fused-ring (bicyclic) bond motifs is 1. The molecule has 0 fully saturated rings. The smallest absolute Gasteiger partial charge is 0.255 e. The number of anilines is 1. The van der Waals surface area contributed by atoms with Crippen LogP contribution in [0.25, 0.3) is 22.7 Å². The zero-order valence-electron chi connectivity index (χ0n) is 13.6. The topological polar surface area (TPSA) is 68.0 Å². The molecule has 2 aromatic heterocycles. The lowest BCUT2D eigenvalue weighted by Crippen LogP contribution is -2.13. The molecule has 5 heteroatoms. The second-order valence-electron chi connectivity index (χ2n) is 5.69. The van der Waals surface area contributed by atoms with Gasteiger partial charge in [-0.3, -0.25) is 4.79 Å². The molecule has 0 spiro atoms. The van der Waals surface area contributed by atoms with E-state index in [1.165, 1.54) is 0 Å². The number of nitrogens with zero attached hydrogens (tertiary/aromatic N) is 2. The van der Waals surface area contributed by atoms with Gasteiger partial charge in [-0.25, -0.2) is 4.98 Å². The van der Waals surface area contributed by atoms with E-state index in [-0.39, 0.29) is 5.91 Å². The highest BCUT2D eigenvalue weighted by Gasteiger charge is 2.11. The van der Waals surface area contributed by atoms with Crippen LogP contribution in [0, 0.1) is 6.92 Å². The third-order valence-electron chi connectivity index (χ3n) is 3.94. The van der Waals surface area contributed by atoms with Gasteiger partial charge in [-0.05, 0) is 55.0 Å². The van der Waals surface area contributed by atoms with E-state index in [0.717, 1.165) is 11.1 Å². The molecule has 0 aliphatic heterocycles. The zero-order valence-corrected chi connectivity index (χ0v) is 13.6. The van der Waals surface area contributed by atoms with Crippen LogP contribution in [0.4, 0.5) is 5.69 Å². The summed E-state index contributed by atoms with van der Waals surface area (Å²) in [6.07, 6.45) is 1.68. The van der Waals surface area contributed by atoms with Gasteiger partial charge in [-0.15, -0.1) is 0 Å². The number of nitrogens with one attached hydrogen (secondary N) is 1. The number of amides is 1. The van der Waals surface area contributed by atoms with E-state index >= 15 is 0 Å². The number of hydrogen-bond acceptors (Lipinski definition) is 4. The van der Waals surface area contributed by atoms with Crippen LogP contribution in [0.5, 0.6) is 0 Å². The van der Waals surface area contributed by atoms with Crippen molar-refractivity contribution in [3.8, 4) is 11.5 Å². The van der Waals surface area contributed by atoms with Crippen LogP contribution in [0.15, 0.2) is 71.3 Å². The average molecular weight is 329 g/mol. The number of pyridine rings is 1. The van der Waals surface area contributed by atoms with Crippen molar-refractivity contribution in [3.05, 3.63) is 78.0 Å². The molecule has 4 rings (SSSR count). The molecule has 0 radical (unpaired) electrons. The summed E-state index contributed by atoms with van der Waals surface area (Å²) >= 11 is 0. The lowest BCUT2D eigenvalue weighted by atomic mass is 10.1. The molecule has 5 nitrogen and oxygen atoms in total. The molecule has 1 amide bonds. The van der Waals surface area contributed by atoms with Gasteiger partial charge in [0.05, 0.1) is 0 Å². The van der Waals surface area contributed by atoms with E-state index in [1.54, 1.807) is 6.20 Å². The second-order valence-corrected chi connectivity index (χ2v) is 5.69. The first kappa shape index (κ1) is 15.1. The Balaban J connectivity index is 1.56. The Bertz CT molecular complexity index is 1020. The number of benzene rings is 2. The molecule has 25 heavy (non-hydrogen) atoms. The predicted octanol–water partition coefficient (Wildman–Crippen LogP) is 4.45. The second kappa shape index (κ2) is 6.20. The number of oxazole rings is 1. The van der Waals surface area contributed by atoms with Gasteiger partial charge in [-0.2, -0.15) is 4.98 Å². The van der Waals surface area contributed by atoms with Crippen LogP contribution in [0.1, 0.15) is 15.9 Å². The SMILES string of the molecule is Cc1ccccc1C(=O)Nc1ccc(-c2nc3ncccc3o2)cc1. The van der Waals surface area contributed by atoms with Gasteiger partial charge < -0.3 is 9.73 Å². The van der Waals surface area contributed by atoms with E-state index in [4.69, 9.17) is 4.42 Å². The van der Waals surface area contributed by atoms with Crippen molar-refractivity contribution >= 4 is 22.8 Å². The van der Waals surface area contributed by atoms with Gasteiger partial charge in [0.25, 0.3) is 5.91 Å². The molecule has 2 heterocycles. The van der Waals surface area contributed by atoms with Crippen molar-refractivity contribution in [1.82, 2.24) is 9.97 Å². The van der Waals surface area contributed by atoms with Crippen LogP contribution >= 0.6 is 0 Å². The Morgan fingerprint density at radius 3 is 2.56 bits per heavy atom.